The van der Waals surface area contributed by atoms with Crippen LogP contribution in [0.1, 0.15) is 10.4 Å². The number of aromatic nitrogens is 1. The van der Waals surface area contributed by atoms with Gasteiger partial charge in [0.2, 0.25) is 0 Å². The van der Waals surface area contributed by atoms with Crippen molar-refractivity contribution in [1.29, 1.82) is 0 Å². The molecule has 0 aliphatic heterocycles. The molecule has 2 heterocycles. The van der Waals surface area contributed by atoms with Crippen molar-refractivity contribution in [2.45, 2.75) is 0 Å². The van der Waals surface area contributed by atoms with Gasteiger partial charge in [-0.05, 0) is 36.4 Å². The predicted molar refractivity (Wildman–Crippen MR) is 96.6 cm³/mol. The van der Waals surface area contributed by atoms with Crippen LogP contribution in [-0.2, 0) is 0 Å². The Hall–Kier alpha value is -3.19. The second kappa shape index (κ2) is 6.03. The van der Waals surface area contributed by atoms with E-state index in [9.17, 15) is 9.59 Å². The average Bonchev–Trinajstić information content (AvgIpc) is 3.02. The highest BCUT2D eigenvalue weighted by molar-refractivity contribution is 7.22. The van der Waals surface area contributed by atoms with E-state index in [1.807, 2.05) is 24.3 Å². The van der Waals surface area contributed by atoms with Gasteiger partial charge in [0.1, 0.15) is 16.9 Å². The fourth-order valence-electron chi connectivity index (χ4n) is 2.48. The Labute approximate surface area is 145 Å². The largest absolute Gasteiger partial charge is 0.497 e. The second-order valence-corrected chi connectivity index (χ2v) is 6.32. The van der Waals surface area contributed by atoms with Crippen molar-refractivity contribution in [2.75, 3.05) is 12.4 Å². The molecule has 4 rings (SSSR count). The number of carbonyl (C=O) groups excluding carboxylic acids is 1. The molecule has 0 saturated carbocycles. The van der Waals surface area contributed by atoms with Crippen molar-refractivity contribution in [3.05, 3.63) is 64.5 Å². The van der Waals surface area contributed by atoms with Crippen LogP contribution in [0.4, 0.5) is 5.13 Å². The van der Waals surface area contributed by atoms with E-state index >= 15 is 0 Å². The molecule has 7 heteroatoms. The number of methoxy groups -OCH3 is 1. The minimum atomic E-state index is -0.698. The smallest absolute Gasteiger partial charge is 0.349 e. The molecule has 1 amide bonds. The van der Waals surface area contributed by atoms with E-state index < -0.39 is 11.5 Å². The summed E-state index contributed by atoms with van der Waals surface area (Å²) in [4.78, 5) is 28.9. The number of hydrogen-bond acceptors (Lipinski definition) is 6. The van der Waals surface area contributed by atoms with E-state index in [0.717, 1.165) is 10.2 Å². The SMILES string of the molecule is COc1ccc2oc(=O)c(C(=O)Nc3nc4ccccc4s3)cc2c1. The summed E-state index contributed by atoms with van der Waals surface area (Å²) in [5.41, 5.74) is 0.400. The highest BCUT2D eigenvalue weighted by Gasteiger charge is 2.16. The fourth-order valence-corrected chi connectivity index (χ4v) is 3.34. The zero-order valence-corrected chi connectivity index (χ0v) is 13.9. The summed E-state index contributed by atoms with van der Waals surface area (Å²) in [6.07, 6.45) is 0. The normalized spacial score (nSPS) is 10.9. The lowest BCUT2D eigenvalue weighted by Crippen LogP contribution is -2.20. The first kappa shape index (κ1) is 15.3. The number of para-hydroxylation sites is 1. The van der Waals surface area contributed by atoms with Gasteiger partial charge in [-0.3, -0.25) is 10.1 Å². The number of nitrogens with zero attached hydrogens (tertiary/aromatic N) is 1. The highest BCUT2D eigenvalue weighted by Crippen LogP contribution is 2.26. The van der Waals surface area contributed by atoms with E-state index in [1.165, 1.54) is 17.4 Å². The summed E-state index contributed by atoms with van der Waals surface area (Å²) < 4.78 is 11.3. The monoisotopic (exact) mass is 352 g/mol. The highest BCUT2D eigenvalue weighted by atomic mass is 32.1. The van der Waals surface area contributed by atoms with Crippen molar-refractivity contribution < 1.29 is 13.9 Å². The molecule has 124 valence electrons. The van der Waals surface area contributed by atoms with Gasteiger partial charge in [-0.15, -0.1) is 0 Å². The molecule has 0 atom stereocenters. The van der Waals surface area contributed by atoms with Crippen molar-refractivity contribution >= 4 is 43.6 Å². The Bertz CT molecular complexity index is 1130. The third-order valence-corrected chi connectivity index (χ3v) is 4.65. The molecular formula is C18H12N2O4S. The lowest BCUT2D eigenvalue weighted by atomic mass is 10.1. The second-order valence-electron chi connectivity index (χ2n) is 5.29. The standard InChI is InChI=1S/C18H12N2O4S/c1-23-11-6-7-14-10(8-11)9-12(17(22)24-14)16(21)20-18-19-13-4-2-3-5-15(13)25-18/h2-9H,1H3,(H,19,20,21). The summed E-state index contributed by atoms with van der Waals surface area (Å²) in [7, 11) is 1.54. The van der Waals surface area contributed by atoms with Gasteiger partial charge in [0.15, 0.2) is 5.13 Å². The molecule has 0 aliphatic rings. The Balaban J connectivity index is 1.71. The van der Waals surface area contributed by atoms with Crippen LogP contribution in [0.5, 0.6) is 5.75 Å². The van der Waals surface area contributed by atoms with Crippen molar-refractivity contribution in [3.63, 3.8) is 0 Å². The summed E-state index contributed by atoms with van der Waals surface area (Å²) in [6.45, 7) is 0. The van der Waals surface area contributed by atoms with E-state index in [4.69, 9.17) is 9.15 Å². The van der Waals surface area contributed by atoms with E-state index in [-0.39, 0.29) is 5.56 Å². The van der Waals surface area contributed by atoms with E-state index in [2.05, 4.69) is 10.3 Å². The van der Waals surface area contributed by atoms with Crippen LogP contribution in [0.15, 0.2) is 57.7 Å². The summed E-state index contributed by atoms with van der Waals surface area (Å²) in [5, 5.41) is 3.69. The van der Waals surface area contributed by atoms with Gasteiger partial charge in [0, 0.05) is 5.39 Å². The minimum absolute atomic E-state index is 0.0833. The fraction of sp³-hybridized carbons (Fsp3) is 0.0556. The molecule has 1 N–H and O–H groups in total. The Morgan fingerprint density at radius 3 is 2.84 bits per heavy atom. The van der Waals surface area contributed by atoms with Gasteiger partial charge in [0.25, 0.3) is 5.91 Å². The van der Waals surface area contributed by atoms with Crippen molar-refractivity contribution in [2.24, 2.45) is 0 Å². The number of fused-ring (bicyclic) bond motifs is 2. The first-order valence-corrected chi connectivity index (χ1v) is 8.24. The maximum Gasteiger partial charge on any atom is 0.349 e. The molecule has 2 aromatic heterocycles. The molecule has 25 heavy (non-hydrogen) atoms. The maximum absolute atomic E-state index is 12.5. The quantitative estimate of drug-likeness (QED) is 0.569. The van der Waals surface area contributed by atoms with Crippen LogP contribution in [0.3, 0.4) is 0 Å². The number of carbonyl (C=O) groups is 1. The van der Waals surface area contributed by atoms with Gasteiger partial charge in [-0.25, -0.2) is 9.78 Å². The number of ether oxygens (including phenoxy) is 1. The average molecular weight is 352 g/mol. The molecular weight excluding hydrogens is 340 g/mol. The molecule has 0 saturated heterocycles. The zero-order valence-electron chi connectivity index (χ0n) is 13.1. The topological polar surface area (TPSA) is 81.4 Å². The Morgan fingerprint density at radius 1 is 1.20 bits per heavy atom. The molecule has 0 aliphatic carbocycles. The molecule has 0 bridgehead atoms. The first-order chi connectivity index (χ1) is 12.1. The first-order valence-electron chi connectivity index (χ1n) is 7.43. The van der Waals surface area contributed by atoms with E-state index in [0.29, 0.717) is 21.9 Å². The van der Waals surface area contributed by atoms with Crippen LogP contribution < -0.4 is 15.7 Å². The van der Waals surface area contributed by atoms with Gasteiger partial charge in [-0.2, -0.15) is 0 Å². The van der Waals surface area contributed by atoms with Crippen LogP contribution >= 0.6 is 11.3 Å². The van der Waals surface area contributed by atoms with Gasteiger partial charge in [-0.1, -0.05) is 23.5 Å². The van der Waals surface area contributed by atoms with Gasteiger partial charge in [0.05, 0.1) is 17.3 Å². The lowest BCUT2D eigenvalue weighted by Gasteiger charge is -2.04. The van der Waals surface area contributed by atoms with Crippen molar-refractivity contribution in [1.82, 2.24) is 4.98 Å². The maximum atomic E-state index is 12.5. The molecule has 0 spiro atoms. The molecule has 0 unspecified atom stereocenters. The van der Waals surface area contributed by atoms with Crippen molar-refractivity contribution in [3.8, 4) is 5.75 Å². The van der Waals surface area contributed by atoms with E-state index in [1.54, 1.807) is 25.3 Å². The molecule has 0 radical (unpaired) electrons. The number of rotatable bonds is 3. The Morgan fingerprint density at radius 2 is 2.04 bits per heavy atom. The van der Waals surface area contributed by atoms with Gasteiger partial charge >= 0.3 is 5.63 Å². The van der Waals surface area contributed by atoms with Crippen LogP contribution in [0, 0.1) is 0 Å². The lowest BCUT2D eigenvalue weighted by molar-refractivity contribution is 0.102. The number of nitrogens with one attached hydrogen (secondary N) is 1. The number of thiazole rings is 1. The molecule has 4 aromatic rings. The third kappa shape index (κ3) is 2.85. The number of benzene rings is 2. The predicted octanol–water partition coefficient (Wildman–Crippen LogP) is 3.66. The number of amides is 1. The van der Waals surface area contributed by atoms with Crippen LogP contribution in [-0.4, -0.2) is 18.0 Å². The van der Waals surface area contributed by atoms with Crippen LogP contribution in [0.25, 0.3) is 21.2 Å². The minimum Gasteiger partial charge on any atom is -0.497 e. The molecule has 2 aromatic carbocycles. The molecule has 6 nitrogen and oxygen atoms in total. The Kier molecular flexibility index (Phi) is 3.70. The summed E-state index contributed by atoms with van der Waals surface area (Å²) >= 11 is 1.34. The summed E-state index contributed by atoms with van der Waals surface area (Å²) in [5.74, 6) is 0.0522. The number of anilines is 1. The number of hydrogen-bond donors (Lipinski definition) is 1. The van der Waals surface area contributed by atoms with Crippen LogP contribution in [0.2, 0.25) is 0 Å². The molecule has 0 fully saturated rings. The third-order valence-electron chi connectivity index (χ3n) is 3.70. The summed E-state index contributed by atoms with van der Waals surface area (Å²) in [6, 6.07) is 14.1. The van der Waals surface area contributed by atoms with Gasteiger partial charge < -0.3 is 9.15 Å². The zero-order chi connectivity index (χ0) is 17.4.